The monoisotopic (exact) mass is 314 g/mol. The summed E-state index contributed by atoms with van der Waals surface area (Å²) in [5.74, 6) is 1.37. The van der Waals surface area contributed by atoms with Gasteiger partial charge in [0.05, 0.1) is 0 Å². The van der Waals surface area contributed by atoms with Crippen LogP contribution in [-0.4, -0.2) is 5.78 Å². The number of fused-ring (bicyclic) bond motifs is 3. The molecule has 2 unspecified atom stereocenters. The van der Waals surface area contributed by atoms with Crippen molar-refractivity contribution < 1.29 is 4.79 Å². The summed E-state index contributed by atoms with van der Waals surface area (Å²) in [6, 6.07) is 0. The van der Waals surface area contributed by atoms with E-state index >= 15 is 0 Å². The van der Waals surface area contributed by atoms with Crippen LogP contribution in [0, 0.1) is 22.7 Å². The summed E-state index contributed by atoms with van der Waals surface area (Å²) >= 11 is 0. The molecule has 3 aliphatic rings. The number of hydrogen-bond donors (Lipinski definition) is 0. The molecule has 0 bridgehead atoms. The topological polar surface area (TPSA) is 17.1 Å². The highest BCUT2D eigenvalue weighted by molar-refractivity contribution is 5.94. The van der Waals surface area contributed by atoms with Crippen molar-refractivity contribution >= 4 is 5.78 Å². The molecule has 128 valence electrons. The number of rotatable bonds is 2. The van der Waals surface area contributed by atoms with Crippen LogP contribution >= 0.6 is 0 Å². The molecule has 3 rings (SSSR count). The molecule has 1 nitrogen and oxygen atoms in total. The molecule has 0 amide bonds. The van der Waals surface area contributed by atoms with Crippen LogP contribution < -0.4 is 0 Å². The second-order valence-electron chi connectivity index (χ2n) is 7.87. The van der Waals surface area contributed by atoms with Gasteiger partial charge < -0.3 is 0 Å². The van der Waals surface area contributed by atoms with Gasteiger partial charge in [-0.1, -0.05) is 64.0 Å². The fraction of sp³-hybridized carbons (Fsp3) is 0.682. The molecule has 0 spiro atoms. The Labute approximate surface area is 142 Å². The van der Waals surface area contributed by atoms with E-state index < -0.39 is 0 Å². The Balaban J connectivity index is 0.000000924. The first-order valence-corrected chi connectivity index (χ1v) is 9.46. The number of hydrogen-bond acceptors (Lipinski definition) is 1. The van der Waals surface area contributed by atoms with Crippen LogP contribution in [0.1, 0.15) is 73.1 Å². The average Bonchev–Trinajstić information content (AvgIpc) is 2.55. The van der Waals surface area contributed by atoms with Gasteiger partial charge in [0, 0.05) is 5.41 Å². The summed E-state index contributed by atoms with van der Waals surface area (Å²) in [5, 5.41) is 0. The van der Waals surface area contributed by atoms with Crippen molar-refractivity contribution in [1.29, 1.82) is 0 Å². The van der Waals surface area contributed by atoms with Gasteiger partial charge in [-0.05, 0) is 62.4 Å². The summed E-state index contributed by atoms with van der Waals surface area (Å²) in [4.78, 5) is 12.5. The number of allylic oxidation sites excluding steroid dienone is 5. The summed E-state index contributed by atoms with van der Waals surface area (Å²) in [5.41, 5.74) is 3.15. The molecule has 0 aromatic carbocycles. The van der Waals surface area contributed by atoms with E-state index in [1.807, 2.05) is 13.8 Å². The van der Waals surface area contributed by atoms with Crippen LogP contribution in [0.15, 0.2) is 36.0 Å². The minimum atomic E-state index is -0.198. The van der Waals surface area contributed by atoms with Crippen molar-refractivity contribution in [2.45, 2.75) is 73.1 Å². The first kappa shape index (κ1) is 18.2. The minimum absolute atomic E-state index is 0.198. The molecule has 0 radical (unpaired) electrons. The minimum Gasteiger partial charge on any atom is -0.294 e. The lowest BCUT2D eigenvalue weighted by atomic mass is 9.46. The maximum absolute atomic E-state index is 12.5. The molecule has 0 aromatic heterocycles. The number of ketones is 1. The lowest BCUT2D eigenvalue weighted by Gasteiger charge is -2.57. The Morgan fingerprint density at radius 1 is 1.26 bits per heavy atom. The van der Waals surface area contributed by atoms with Gasteiger partial charge >= 0.3 is 0 Å². The van der Waals surface area contributed by atoms with E-state index in [0.717, 1.165) is 19.3 Å². The highest BCUT2D eigenvalue weighted by Gasteiger charge is 2.55. The third-order valence-corrected chi connectivity index (χ3v) is 6.63. The van der Waals surface area contributed by atoms with Crippen LogP contribution in [0.25, 0.3) is 0 Å². The molecular formula is C22H34O. The molecule has 1 heteroatoms. The first-order valence-electron chi connectivity index (χ1n) is 9.46. The number of carbonyl (C=O) groups is 1. The Hall–Kier alpha value is -1.11. The lowest BCUT2D eigenvalue weighted by Crippen LogP contribution is -2.51. The summed E-state index contributed by atoms with van der Waals surface area (Å²) in [6.45, 7) is 14.6. The predicted octanol–water partition coefficient (Wildman–Crippen LogP) is 6.27. The van der Waals surface area contributed by atoms with Crippen molar-refractivity contribution in [3.63, 3.8) is 0 Å². The molecule has 0 aliphatic heterocycles. The molecule has 23 heavy (non-hydrogen) atoms. The quantitative estimate of drug-likeness (QED) is 0.434. The van der Waals surface area contributed by atoms with Crippen molar-refractivity contribution in [2.75, 3.05) is 0 Å². The third-order valence-electron chi connectivity index (χ3n) is 6.63. The third kappa shape index (κ3) is 2.88. The van der Waals surface area contributed by atoms with E-state index in [1.54, 1.807) is 11.6 Å². The smallest absolute Gasteiger partial charge is 0.161 e. The van der Waals surface area contributed by atoms with E-state index in [-0.39, 0.29) is 16.6 Å². The maximum atomic E-state index is 12.5. The molecule has 4 atom stereocenters. The molecule has 0 N–H and O–H groups in total. The summed E-state index contributed by atoms with van der Waals surface area (Å²) in [6.07, 6.45) is 13.5. The molecule has 2 saturated carbocycles. The Morgan fingerprint density at radius 2 is 1.96 bits per heavy atom. The van der Waals surface area contributed by atoms with Gasteiger partial charge in [0.2, 0.25) is 0 Å². The normalized spacial score (nSPS) is 38.8. The largest absolute Gasteiger partial charge is 0.294 e. The molecule has 0 heterocycles. The Kier molecular flexibility index (Phi) is 5.38. The van der Waals surface area contributed by atoms with Crippen molar-refractivity contribution in [1.82, 2.24) is 0 Å². The van der Waals surface area contributed by atoms with Gasteiger partial charge in [-0.3, -0.25) is 4.79 Å². The van der Waals surface area contributed by atoms with Crippen molar-refractivity contribution in [3.05, 3.63) is 36.0 Å². The van der Waals surface area contributed by atoms with Crippen LogP contribution in [-0.2, 0) is 4.79 Å². The second-order valence-corrected chi connectivity index (χ2v) is 7.87. The predicted molar refractivity (Wildman–Crippen MR) is 99.3 cm³/mol. The Morgan fingerprint density at radius 3 is 2.61 bits per heavy atom. The summed E-state index contributed by atoms with van der Waals surface area (Å²) < 4.78 is 0. The fourth-order valence-electron chi connectivity index (χ4n) is 5.55. The van der Waals surface area contributed by atoms with Gasteiger partial charge in [-0.15, -0.1) is 0 Å². The van der Waals surface area contributed by atoms with Gasteiger partial charge in [-0.2, -0.15) is 0 Å². The van der Waals surface area contributed by atoms with E-state index in [2.05, 4.69) is 39.5 Å². The van der Waals surface area contributed by atoms with Gasteiger partial charge in [-0.25, -0.2) is 0 Å². The van der Waals surface area contributed by atoms with Crippen LogP contribution in [0.4, 0.5) is 0 Å². The zero-order valence-corrected chi connectivity index (χ0v) is 15.7. The highest BCUT2D eigenvalue weighted by atomic mass is 16.1. The average molecular weight is 315 g/mol. The standard InChI is InChI=1S/C20H28O.C2H6/c1-5-18(21)20(4)12-6-11-19(3)16-9-7-14(2)13-15(16)8-10-17(19)20;1-2/h5,9,13,15,17H,1,6-8,10-12H2,2-4H3;1-2H3/t15?,17?,19-,20+;/m0./s1. The molecule has 0 saturated heterocycles. The molecule has 0 aromatic rings. The molecule has 3 aliphatic carbocycles. The van der Waals surface area contributed by atoms with Gasteiger partial charge in [0.25, 0.3) is 0 Å². The Bertz CT molecular complexity index is 538. The molecular weight excluding hydrogens is 280 g/mol. The van der Waals surface area contributed by atoms with E-state index in [9.17, 15) is 4.79 Å². The fourth-order valence-corrected chi connectivity index (χ4v) is 5.55. The van der Waals surface area contributed by atoms with Crippen LogP contribution in [0.5, 0.6) is 0 Å². The van der Waals surface area contributed by atoms with Crippen molar-refractivity contribution in [3.8, 4) is 0 Å². The van der Waals surface area contributed by atoms with Crippen LogP contribution in [0.2, 0.25) is 0 Å². The maximum Gasteiger partial charge on any atom is 0.161 e. The zero-order chi connectivity index (χ0) is 17.3. The van der Waals surface area contributed by atoms with E-state index in [4.69, 9.17) is 0 Å². The second kappa shape index (κ2) is 6.79. The van der Waals surface area contributed by atoms with E-state index in [0.29, 0.717) is 11.8 Å². The van der Waals surface area contributed by atoms with E-state index in [1.165, 1.54) is 24.8 Å². The van der Waals surface area contributed by atoms with Crippen molar-refractivity contribution in [2.24, 2.45) is 22.7 Å². The van der Waals surface area contributed by atoms with Gasteiger partial charge in [0.15, 0.2) is 5.78 Å². The molecule has 2 fully saturated rings. The van der Waals surface area contributed by atoms with Crippen LogP contribution in [0.3, 0.4) is 0 Å². The summed E-state index contributed by atoms with van der Waals surface area (Å²) in [7, 11) is 0. The highest BCUT2D eigenvalue weighted by Crippen LogP contribution is 2.62. The van der Waals surface area contributed by atoms with Gasteiger partial charge in [0.1, 0.15) is 0 Å². The first-order chi connectivity index (χ1) is 10.9. The number of carbonyl (C=O) groups excluding carboxylic acids is 1. The lowest BCUT2D eigenvalue weighted by molar-refractivity contribution is -0.134. The zero-order valence-electron chi connectivity index (χ0n) is 15.7. The SMILES string of the molecule is C=CC(=O)[C@]1(C)CCC[C@@]2(C)C3=CCC(C)=CC3CCC12.CC.